The van der Waals surface area contributed by atoms with Crippen molar-refractivity contribution in [3.63, 3.8) is 0 Å². The summed E-state index contributed by atoms with van der Waals surface area (Å²) in [6.45, 7) is 27.5. The zero-order valence-corrected chi connectivity index (χ0v) is 45.3. The van der Waals surface area contributed by atoms with Gasteiger partial charge in [-0.3, -0.25) is 0 Å². The van der Waals surface area contributed by atoms with Crippen molar-refractivity contribution in [2.45, 2.75) is 105 Å². The number of rotatable bonds is 4. The average molecular weight is 955 g/mol. The summed E-state index contributed by atoms with van der Waals surface area (Å²) < 4.78 is 0. The maximum Gasteiger partial charge on any atom is -0.00195 e. The fourth-order valence-electron chi connectivity index (χ4n) is 12.3. The van der Waals surface area contributed by atoms with E-state index >= 15 is 0 Å². The predicted molar refractivity (Wildman–Crippen MR) is 325 cm³/mol. The Bertz CT molecular complexity index is 4070. The van der Waals surface area contributed by atoms with Gasteiger partial charge in [0.15, 0.2) is 0 Å². The van der Waals surface area contributed by atoms with Crippen LogP contribution in [0.15, 0.2) is 182 Å². The Balaban J connectivity index is 1.10. The molecule has 0 fully saturated rings. The summed E-state index contributed by atoms with van der Waals surface area (Å²) in [7, 11) is 0. The second kappa shape index (κ2) is 16.0. The molecule has 74 heavy (non-hydrogen) atoms. The summed E-state index contributed by atoms with van der Waals surface area (Å²) in [5, 5.41) is 21.0. The number of hydrogen-bond donors (Lipinski definition) is 0. The lowest BCUT2D eigenvalue weighted by Crippen LogP contribution is -2.10. The summed E-state index contributed by atoms with van der Waals surface area (Å²) in [5.74, 6) is 0. The Hall–Kier alpha value is -7.54. The summed E-state index contributed by atoms with van der Waals surface area (Å²) in [4.78, 5) is 0. The average Bonchev–Trinajstić information content (AvgIpc) is 3.87. The lowest BCUT2D eigenvalue weighted by molar-refractivity contribution is 0.590. The van der Waals surface area contributed by atoms with E-state index in [0.717, 1.165) is 0 Å². The third-order valence-corrected chi connectivity index (χ3v) is 16.8. The van der Waals surface area contributed by atoms with Gasteiger partial charge in [-0.05, 0) is 223 Å². The third-order valence-electron chi connectivity index (χ3n) is 16.8. The van der Waals surface area contributed by atoms with Gasteiger partial charge in [0.1, 0.15) is 0 Å². The highest BCUT2D eigenvalue weighted by atomic mass is 14.3. The van der Waals surface area contributed by atoms with Crippen LogP contribution in [-0.4, -0.2) is 0 Å². The van der Waals surface area contributed by atoms with Gasteiger partial charge in [-0.25, -0.2) is 0 Å². The van der Waals surface area contributed by atoms with Gasteiger partial charge in [0.2, 0.25) is 0 Å². The number of benzene rings is 11. The Kier molecular flexibility index (Phi) is 9.99. The van der Waals surface area contributed by atoms with Crippen LogP contribution >= 0.6 is 0 Å². The Morgan fingerprint density at radius 3 is 0.622 bits per heavy atom. The second-order valence-corrected chi connectivity index (χ2v) is 25.8. The Labute approximate surface area is 437 Å². The van der Waals surface area contributed by atoms with Crippen molar-refractivity contribution in [1.82, 2.24) is 0 Å². The van der Waals surface area contributed by atoms with Crippen LogP contribution in [0.5, 0.6) is 0 Å². The van der Waals surface area contributed by atoms with E-state index in [4.69, 9.17) is 0 Å². The second-order valence-electron chi connectivity index (χ2n) is 25.8. The van der Waals surface area contributed by atoms with Crippen LogP contribution in [0.25, 0.3) is 131 Å². The third kappa shape index (κ3) is 7.39. The zero-order valence-electron chi connectivity index (χ0n) is 45.3. The molecule has 0 radical (unpaired) electrons. The summed E-state index contributed by atoms with van der Waals surface area (Å²) in [5.41, 5.74) is 15.7. The molecule has 362 valence electrons. The first kappa shape index (κ1) is 46.3. The molecule has 13 rings (SSSR count). The molecule has 13 aromatic carbocycles. The van der Waals surface area contributed by atoms with Crippen molar-refractivity contribution in [2.24, 2.45) is 0 Å². The minimum atomic E-state index is 0.0760. The molecule has 0 bridgehead atoms. The molecule has 0 amide bonds. The van der Waals surface area contributed by atoms with Crippen LogP contribution in [0.2, 0.25) is 0 Å². The lowest BCUT2D eigenvalue weighted by Gasteiger charge is -2.19. The first-order chi connectivity index (χ1) is 35.2. The predicted octanol–water partition coefficient (Wildman–Crippen LogP) is 21.6. The Morgan fingerprint density at radius 1 is 0.162 bits per heavy atom. The van der Waals surface area contributed by atoms with Gasteiger partial charge >= 0.3 is 0 Å². The molecule has 0 heterocycles. The lowest BCUT2D eigenvalue weighted by atomic mass is 9.85. The number of hydrogen-bond acceptors (Lipinski definition) is 0. The highest BCUT2D eigenvalue weighted by Crippen LogP contribution is 2.50. The molecule has 0 nitrogen and oxygen atoms in total. The molecule has 0 atom stereocenters. The molecule has 0 aliphatic rings. The molecule has 0 saturated carbocycles. The van der Waals surface area contributed by atoms with Crippen molar-refractivity contribution in [3.05, 3.63) is 204 Å². The van der Waals surface area contributed by atoms with Crippen LogP contribution in [-0.2, 0) is 21.7 Å². The molecule has 0 aliphatic carbocycles. The van der Waals surface area contributed by atoms with Gasteiger partial charge in [0.25, 0.3) is 0 Å². The largest absolute Gasteiger partial charge is 0.0579 e. The molecular formula is C74H66. The van der Waals surface area contributed by atoms with Crippen molar-refractivity contribution in [1.29, 1.82) is 0 Å². The molecule has 0 saturated heterocycles. The minimum Gasteiger partial charge on any atom is -0.0579 e. The van der Waals surface area contributed by atoms with E-state index in [9.17, 15) is 0 Å². The normalized spacial score (nSPS) is 13.1. The van der Waals surface area contributed by atoms with E-state index in [0.29, 0.717) is 0 Å². The summed E-state index contributed by atoms with van der Waals surface area (Å²) >= 11 is 0. The number of fused-ring (bicyclic) bond motifs is 11. The van der Waals surface area contributed by atoms with Crippen LogP contribution in [0, 0.1) is 0 Å². The standard InChI is InChI=1S/C74H66/c1-71(2,3)51-23-13-43(14-24-51)47-21-31-55-59(35-47)65-39-49(45-17-27-53(28-18-45)73(7,8)9)37-63-57-33-34-58-62(61(57)41-67(55)69(63)65)42-68-56-32-22-48(44-15-25-52(26-16-44)72(4,5)6)36-60(56)66-40-50(38-64(58)70(66)68)46-19-29-54(30-20-46)74(10,11)12/h13-42H,1-12H3. The molecule has 0 aliphatic heterocycles. The maximum atomic E-state index is 2.54. The van der Waals surface area contributed by atoms with Crippen molar-refractivity contribution < 1.29 is 0 Å². The smallest absolute Gasteiger partial charge is 0.00195 e. The van der Waals surface area contributed by atoms with Crippen LogP contribution < -0.4 is 0 Å². The van der Waals surface area contributed by atoms with E-state index in [-0.39, 0.29) is 21.7 Å². The van der Waals surface area contributed by atoms with E-state index in [1.165, 1.54) is 153 Å². The van der Waals surface area contributed by atoms with Crippen molar-refractivity contribution in [3.8, 4) is 44.5 Å². The van der Waals surface area contributed by atoms with Crippen molar-refractivity contribution >= 4 is 86.2 Å². The van der Waals surface area contributed by atoms with Crippen LogP contribution in [0.3, 0.4) is 0 Å². The van der Waals surface area contributed by atoms with E-state index in [1.807, 2.05) is 0 Å². The quantitative estimate of drug-likeness (QED) is 0.154. The molecule has 0 spiro atoms. The van der Waals surface area contributed by atoms with Crippen LogP contribution in [0.1, 0.15) is 105 Å². The SMILES string of the molecule is CC(C)(C)c1ccc(-c2ccc3c(c2)c2cc(-c4ccc(C(C)(C)C)cc4)cc4c5ccc6c(cc7c8ccc(-c9ccc(C(C)(C)C)cc9)cc8c8cc(-c9ccc(C(C)(C)C)cc9)cc6c87)c5cc3c42)cc1. The molecular weight excluding hydrogens is 889 g/mol. The molecule has 13 aromatic rings. The summed E-state index contributed by atoms with van der Waals surface area (Å²) in [6, 6.07) is 71.4. The van der Waals surface area contributed by atoms with E-state index in [1.54, 1.807) is 0 Å². The highest BCUT2D eigenvalue weighted by Gasteiger charge is 2.24. The van der Waals surface area contributed by atoms with Gasteiger partial charge in [0.05, 0.1) is 0 Å². The zero-order chi connectivity index (χ0) is 51.4. The fraction of sp³-hybridized carbons (Fsp3) is 0.216. The van der Waals surface area contributed by atoms with E-state index < -0.39 is 0 Å². The first-order valence-corrected chi connectivity index (χ1v) is 26.9. The topological polar surface area (TPSA) is 0 Å². The van der Waals surface area contributed by atoms with Crippen molar-refractivity contribution in [2.75, 3.05) is 0 Å². The van der Waals surface area contributed by atoms with Gasteiger partial charge < -0.3 is 0 Å². The minimum absolute atomic E-state index is 0.0760. The fourth-order valence-corrected chi connectivity index (χ4v) is 12.3. The van der Waals surface area contributed by atoms with Gasteiger partial charge in [-0.15, -0.1) is 0 Å². The Morgan fingerprint density at radius 2 is 0.351 bits per heavy atom. The first-order valence-electron chi connectivity index (χ1n) is 26.9. The van der Waals surface area contributed by atoms with Crippen LogP contribution in [0.4, 0.5) is 0 Å². The van der Waals surface area contributed by atoms with Gasteiger partial charge in [0, 0.05) is 0 Å². The van der Waals surface area contributed by atoms with Gasteiger partial charge in [-0.1, -0.05) is 217 Å². The molecule has 0 heteroatoms. The maximum absolute atomic E-state index is 2.54. The molecule has 0 unspecified atom stereocenters. The monoisotopic (exact) mass is 955 g/mol. The van der Waals surface area contributed by atoms with Gasteiger partial charge in [-0.2, -0.15) is 0 Å². The highest BCUT2D eigenvalue weighted by molar-refractivity contribution is 6.41. The summed E-state index contributed by atoms with van der Waals surface area (Å²) in [6.07, 6.45) is 0. The molecule has 0 N–H and O–H groups in total. The molecule has 0 aromatic heterocycles. The van der Waals surface area contributed by atoms with E-state index in [2.05, 4.69) is 265 Å².